The number of fused-ring (bicyclic) bond motifs is 1. The van der Waals surface area contributed by atoms with Crippen molar-refractivity contribution < 1.29 is 14.7 Å². The summed E-state index contributed by atoms with van der Waals surface area (Å²) in [5.41, 5.74) is 4.96. The Hall–Kier alpha value is -2.08. The Morgan fingerprint density at radius 1 is 1.33 bits per heavy atom. The fourth-order valence-electron chi connectivity index (χ4n) is 2.22. The van der Waals surface area contributed by atoms with Crippen LogP contribution in [0.3, 0.4) is 0 Å². The maximum absolute atomic E-state index is 11.6. The fraction of sp³-hybridized carbons (Fsp3) is 0.333. The zero-order valence-corrected chi connectivity index (χ0v) is 9.85. The van der Waals surface area contributed by atoms with Gasteiger partial charge in [0.2, 0.25) is 0 Å². The van der Waals surface area contributed by atoms with Crippen molar-refractivity contribution in [3.63, 3.8) is 0 Å². The van der Waals surface area contributed by atoms with Gasteiger partial charge in [-0.15, -0.1) is 0 Å². The van der Waals surface area contributed by atoms with E-state index in [0.29, 0.717) is 5.69 Å². The number of aliphatic carboxylic acids is 1. The standard InChI is InChI=1S/C12H15N3O3/c13-14-12(18)15(7-11(16)17)10-5-4-8-2-1-3-9(8)6-10/h4-6H,1-3,7,13H2,(H,14,18)(H,16,17). The van der Waals surface area contributed by atoms with Gasteiger partial charge in [-0.25, -0.2) is 10.6 Å². The van der Waals surface area contributed by atoms with Crippen molar-refractivity contribution in [2.45, 2.75) is 19.3 Å². The van der Waals surface area contributed by atoms with E-state index in [-0.39, 0.29) is 0 Å². The highest BCUT2D eigenvalue weighted by Crippen LogP contribution is 2.26. The van der Waals surface area contributed by atoms with E-state index in [0.717, 1.165) is 24.2 Å². The number of benzene rings is 1. The number of hydrogen-bond donors (Lipinski definition) is 3. The molecule has 0 saturated heterocycles. The second-order valence-electron chi connectivity index (χ2n) is 4.24. The minimum atomic E-state index is -1.08. The molecule has 2 rings (SSSR count). The van der Waals surface area contributed by atoms with E-state index >= 15 is 0 Å². The number of carboxylic acid groups (broad SMARTS) is 1. The number of urea groups is 1. The first-order valence-electron chi connectivity index (χ1n) is 5.73. The van der Waals surface area contributed by atoms with Gasteiger partial charge in [-0.2, -0.15) is 0 Å². The predicted molar refractivity (Wildman–Crippen MR) is 66.2 cm³/mol. The zero-order chi connectivity index (χ0) is 13.1. The molecule has 1 aromatic carbocycles. The summed E-state index contributed by atoms with van der Waals surface area (Å²) in [5, 5.41) is 8.82. The minimum absolute atomic E-state index is 0.415. The molecule has 6 heteroatoms. The number of carbonyl (C=O) groups is 2. The van der Waals surface area contributed by atoms with E-state index < -0.39 is 18.5 Å². The Morgan fingerprint density at radius 2 is 2.06 bits per heavy atom. The first-order valence-corrected chi connectivity index (χ1v) is 5.73. The number of nitrogens with zero attached hydrogens (tertiary/aromatic N) is 1. The van der Waals surface area contributed by atoms with Crippen molar-refractivity contribution in [3.05, 3.63) is 29.3 Å². The van der Waals surface area contributed by atoms with Crippen LogP contribution in [-0.4, -0.2) is 23.7 Å². The molecule has 1 aromatic rings. The maximum Gasteiger partial charge on any atom is 0.336 e. The molecule has 0 spiro atoms. The van der Waals surface area contributed by atoms with Crippen molar-refractivity contribution in [1.82, 2.24) is 5.43 Å². The van der Waals surface area contributed by atoms with Crippen molar-refractivity contribution in [2.75, 3.05) is 11.4 Å². The van der Waals surface area contributed by atoms with Crippen LogP contribution in [0, 0.1) is 0 Å². The molecule has 0 aliphatic heterocycles. The third-order valence-corrected chi connectivity index (χ3v) is 3.06. The number of carboxylic acids is 1. The Kier molecular flexibility index (Phi) is 3.47. The van der Waals surface area contributed by atoms with Crippen molar-refractivity contribution in [1.29, 1.82) is 0 Å². The van der Waals surface area contributed by atoms with Gasteiger partial charge in [0, 0.05) is 5.69 Å². The first-order chi connectivity index (χ1) is 8.61. The average molecular weight is 249 g/mol. The van der Waals surface area contributed by atoms with Crippen LogP contribution in [0.5, 0.6) is 0 Å². The van der Waals surface area contributed by atoms with Gasteiger partial charge in [0.15, 0.2) is 0 Å². The Bertz CT molecular complexity index is 487. The maximum atomic E-state index is 11.6. The summed E-state index contributed by atoms with van der Waals surface area (Å²) in [6, 6.07) is 4.93. The lowest BCUT2D eigenvalue weighted by Gasteiger charge is -2.20. The number of hydrogen-bond acceptors (Lipinski definition) is 3. The molecule has 0 bridgehead atoms. The normalized spacial score (nSPS) is 12.9. The van der Waals surface area contributed by atoms with Gasteiger partial charge in [0.05, 0.1) is 0 Å². The van der Waals surface area contributed by atoms with Crippen molar-refractivity contribution in [3.8, 4) is 0 Å². The Morgan fingerprint density at radius 3 is 2.72 bits per heavy atom. The van der Waals surface area contributed by atoms with Crippen LogP contribution in [0.4, 0.5) is 10.5 Å². The van der Waals surface area contributed by atoms with E-state index in [1.54, 1.807) is 6.07 Å². The number of aryl methyl sites for hydroxylation is 2. The summed E-state index contributed by atoms with van der Waals surface area (Å²) in [7, 11) is 0. The number of nitrogens with one attached hydrogen (secondary N) is 1. The third kappa shape index (κ3) is 2.43. The lowest BCUT2D eigenvalue weighted by atomic mass is 10.1. The van der Waals surface area contributed by atoms with Gasteiger partial charge < -0.3 is 5.11 Å². The molecule has 0 saturated carbocycles. The lowest BCUT2D eigenvalue weighted by molar-refractivity contribution is -0.135. The molecule has 0 atom stereocenters. The molecular weight excluding hydrogens is 234 g/mol. The summed E-state index contributed by atoms with van der Waals surface area (Å²) < 4.78 is 0. The molecule has 6 nitrogen and oxygen atoms in total. The lowest BCUT2D eigenvalue weighted by Crippen LogP contribution is -2.45. The molecule has 0 unspecified atom stereocenters. The first kappa shape index (κ1) is 12.4. The van der Waals surface area contributed by atoms with Gasteiger partial charge in [-0.1, -0.05) is 6.07 Å². The largest absolute Gasteiger partial charge is 0.480 e. The number of anilines is 1. The van der Waals surface area contributed by atoms with E-state index in [9.17, 15) is 9.59 Å². The van der Waals surface area contributed by atoms with Gasteiger partial charge >= 0.3 is 12.0 Å². The molecule has 0 heterocycles. The topological polar surface area (TPSA) is 95.7 Å². The van der Waals surface area contributed by atoms with Crippen molar-refractivity contribution >= 4 is 17.7 Å². The highest BCUT2D eigenvalue weighted by Gasteiger charge is 2.20. The molecule has 0 fully saturated rings. The van der Waals surface area contributed by atoms with Crippen LogP contribution in [0.2, 0.25) is 0 Å². The van der Waals surface area contributed by atoms with Crippen LogP contribution < -0.4 is 16.2 Å². The summed E-state index contributed by atoms with van der Waals surface area (Å²) in [4.78, 5) is 23.5. The minimum Gasteiger partial charge on any atom is -0.480 e. The number of carbonyl (C=O) groups excluding carboxylic acids is 1. The molecule has 0 radical (unpaired) electrons. The van der Waals surface area contributed by atoms with E-state index in [1.165, 1.54) is 11.1 Å². The summed E-state index contributed by atoms with van der Waals surface area (Å²) in [6.07, 6.45) is 3.10. The van der Waals surface area contributed by atoms with Gasteiger partial charge in [0.1, 0.15) is 6.54 Å². The second-order valence-corrected chi connectivity index (χ2v) is 4.24. The Labute approximate surface area is 104 Å². The fourth-order valence-corrected chi connectivity index (χ4v) is 2.22. The highest BCUT2D eigenvalue weighted by atomic mass is 16.4. The molecule has 2 amide bonds. The Balaban J connectivity index is 2.30. The molecule has 0 aromatic heterocycles. The molecular formula is C12H15N3O3. The van der Waals surface area contributed by atoms with Gasteiger partial charge in [-0.3, -0.25) is 15.1 Å². The summed E-state index contributed by atoms with van der Waals surface area (Å²) >= 11 is 0. The number of amides is 2. The van der Waals surface area contributed by atoms with Gasteiger partial charge in [0.25, 0.3) is 0 Å². The van der Waals surface area contributed by atoms with E-state index in [1.807, 2.05) is 17.6 Å². The molecule has 1 aliphatic carbocycles. The smallest absolute Gasteiger partial charge is 0.336 e. The summed E-state index contributed by atoms with van der Waals surface area (Å²) in [5.74, 6) is 3.98. The SMILES string of the molecule is NNC(=O)N(CC(=O)O)c1ccc2c(c1)CCC2. The quantitative estimate of drug-likeness (QED) is 0.416. The number of nitrogens with two attached hydrogens (primary N) is 1. The van der Waals surface area contributed by atoms with Crippen LogP contribution in [0.1, 0.15) is 17.5 Å². The van der Waals surface area contributed by atoms with Crippen LogP contribution in [0.25, 0.3) is 0 Å². The number of rotatable bonds is 3. The van der Waals surface area contributed by atoms with Crippen LogP contribution in [-0.2, 0) is 17.6 Å². The molecule has 18 heavy (non-hydrogen) atoms. The molecule has 4 N–H and O–H groups in total. The monoisotopic (exact) mass is 249 g/mol. The number of hydrazine groups is 1. The van der Waals surface area contributed by atoms with Crippen LogP contribution >= 0.6 is 0 Å². The van der Waals surface area contributed by atoms with E-state index in [2.05, 4.69) is 0 Å². The van der Waals surface area contributed by atoms with Gasteiger partial charge in [-0.05, 0) is 42.5 Å². The molecule has 1 aliphatic rings. The average Bonchev–Trinajstić information content (AvgIpc) is 2.81. The third-order valence-electron chi connectivity index (χ3n) is 3.06. The van der Waals surface area contributed by atoms with E-state index in [4.69, 9.17) is 10.9 Å². The molecule has 96 valence electrons. The highest BCUT2D eigenvalue weighted by molar-refractivity contribution is 5.96. The van der Waals surface area contributed by atoms with Crippen LogP contribution in [0.15, 0.2) is 18.2 Å². The second kappa shape index (κ2) is 5.05. The summed E-state index contributed by atoms with van der Waals surface area (Å²) in [6.45, 7) is -0.415. The van der Waals surface area contributed by atoms with Crippen molar-refractivity contribution in [2.24, 2.45) is 5.84 Å². The predicted octanol–water partition coefficient (Wildman–Crippen LogP) is 0.650. The zero-order valence-electron chi connectivity index (χ0n) is 9.85.